The van der Waals surface area contributed by atoms with Crippen LogP contribution in [-0.4, -0.2) is 54.5 Å². The van der Waals surface area contributed by atoms with Crippen LogP contribution >= 0.6 is 15.9 Å². The largest absolute Gasteiger partial charge is 0.493 e. The molecule has 0 radical (unpaired) electrons. The number of hydrogen-bond acceptors (Lipinski definition) is 3. The number of piperidine rings is 2. The Kier molecular flexibility index (Phi) is 7.15. The third-order valence-electron chi connectivity index (χ3n) is 5.36. The van der Waals surface area contributed by atoms with Gasteiger partial charge in [-0.1, -0.05) is 22.4 Å². The summed E-state index contributed by atoms with van der Waals surface area (Å²) in [7, 11) is 0. The van der Waals surface area contributed by atoms with Crippen molar-refractivity contribution in [1.82, 2.24) is 9.80 Å². The van der Waals surface area contributed by atoms with Crippen molar-refractivity contribution in [2.75, 3.05) is 32.8 Å². The van der Waals surface area contributed by atoms with Crippen molar-refractivity contribution >= 4 is 27.9 Å². The van der Waals surface area contributed by atoms with E-state index in [1.165, 1.54) is 32.4 Å². The topological polar surface area (TPSA) is 32.8 Å². The third kappa shape index (κ3) is 5.10. The van der Waals surface area contributed by atoms with Gasteiger partial charge in [-0.2, -0.15) is 0 Å². The molecule has 2 aliphatic heterocycles. The van der Waals surface area contributed by atoms with Crippen LogP contribution in [0.3, 0.4) is 0 Å². The van der Waals surface area contributed by atoms with Crippen molar-refractivity contribution in [1.29, 1.82) is 0 Å². The van der Waals surface area contributed by atoms with Gasteiger partial charge in [0.05, 0.1) is 6.61 Å². The number of benzene rings is 1. The molecule has 1 amide bonds. The number of amides is 1. The molecule has 1 aromatic carbocycles. The second-order valence-electron chi connectivity index (χ2n) is 7.10. The van der Waals surface area contributed by atoms with E-state index in [4.69, 9.17) is 4.74 Å². The molecule has 26 heavy (non-hydrogen) atoms. The summed E-state index contributed by atoms with van der Waals surface area (Å²) in [6, 6.07) is 6.53. The summed E-state index contributed by atoms with van der Waals surface area (Å²) in [5, 5.41) is 0. The molecule has 2 heterocycles. The lowest BCUT2D eigenvalue weighted by Gasteiger charge is -2.40. The second-order valence-corrected chi connectivity index (χ2v) is 8.02. The lowest BCUT2D eigenvalue weighted by molar-refractivity contribution is -0.127. The van der Waals surface area contributed by atoms with E-state index in [1.54, 1.807) is 6.08 Å². The normalized spacial score (nSPS) is 19.8. The first-order valence-corrected chi connectivity index (χ1v) is 10.6. The number of hydrogen-bond donors (Lipinski definition) is 0. The highest BCUT2D eigenvalue weighted by Crippen LogP contribution is 2.25. The van der Waals surface area contributed by atoms with Gasteiger partial charge in [-0.3, -0.25) is 4.79 Å². The highest BCUT2D eigenvalue weighted by Gasteiger charge is 2.26. The van der Waals surface area contributed by atoms with Crippen LogP contribution < -0.4 is 4.74 Å². The molecule has 0 atom stereocenters. The minimum absolute atomic E-state index is 0.101. The molecule has 142 valence electrons. The molecule has 1 aromatic rings. The molecule has 4 nitrogen and oxygen atoms in total. The first kappa shape index (κ1) is 19.4. The molecule has 0 unspecified atom stereocenters. The fourth-order valence-corrected chi connectivity index (χ4v) is 4.32. The molecule has 0 N–H and O–H groups in total. The Labute approximate surface area is 165 Å². The van der Waals surface area contributed by atoms with Gasteiger partial charge in [-0.05, 0) is 70.0 Å². The predicted molar refractivity (Wildman–Crippen MR) is 109 cm³/mol. The highest BCUT2D eigenvalue weighted by atomic mass is 79.9. The van der Waals surface area contributed by atoms with E-state index in [0.717, 1.165) is 41.7 Å². The molecule has 2 fully saturated rings. The zero-order valence-electron chi connectivity index (χ0n) is 15.6. The molecule has 5 heteroatoms. The van der Waals surface area contributed by atoms with Crippen LogP contribution in [0.1, 0.15) is 44.6 Å². The number of rotatable bonds is 5. The van der Waals surface area contributed by atoms with E-state index in [2.05, 4.69) is 20.8 Å². The Bertz CT molecular complexity index is 633. The molecule has 2 saturated heterocycles. The van der Waals surface area contributed by atoms with Gasteiger partial charge >= 0.3 is 0 Å². The Morgan fingerprint density at radius 1 is 1.19 bits per heavy atom. The van der Waals surface area contributed by atoms with Gasteiger partial charge in [-0.15, -0.1) is 0 Å². The maximum atomic E-state index is 12.6. The molecule has 0 saturated carbocycles. The SMILES string of the molecule is CCOc1ccc(Br)cc1/C=C/C(=O)N1CCC(N2CCCCC2)CC1. The van der Waals surface area contributed by atoms with E-state index < -0.39 is 0 Å². The zero-order chi connectivity index (χ0) is 18.4. The summed E-state index contributed by atoms with van der Waals surface area (Å²) in [5.41, 5.74) is 0.928. The summed E-state index contributed by atoms with van der Waals surface area (Å²) in [6.07, 6.45) is 9.78. The first-order valence-electron chi connectivity index (χ1n) is 9.80. The first-order chi connectivity index (χ1) is 12.7. The summed E-state index contributed by atoms with van der Waals surface area (Å²) in [5.74, 6) is 0.910. The Morgan fingerprint density at radius 3 is 2.62 bits per heavy atom. The van der Waals surface area contributed by atoms with Gasteiger partial charge in [0, 0.05) is 35.2 Å². The second kappa shape index (κ2) is 9.56. The summed E-state index contributed by atoms with van der Waals surface area (Å²) in [4.78, 5) is 17.2. The van der Waals surface area contributed by atoms with E-state index in [0.29, 0.717) is 12.6 Å². The van der Waals surface area contributed by atoms with Gasteiger partial charge in [0.2, 0.25) is 5.91 Å². The predicted octanol–water partition coefficient (Wildman–Crippen LogP) is 4.34. The molecule has 0 spiro atoms. The summed E-state index contributed by atoms with van der Waals surface area (Å²) < 4.78 is 6.63. The fraction of sp³-hybridized carbons (Fsp3) is 0.571. The maximum Gasteiger partial charge on any atom is 0.246 e. The maximum absolute atomic E-state index is 12.6. The number of nitrogens with zero attached hydrogens (tertiary/aromatic N) is 2. The molecular formula is C21H29BrN2O2. The number of halogens is 1. The van der Waals surface area contributed by atoms with Crippen LogP contribution in [0.4, 0.5) is 0 Å². The van der Waals surface area contributed by atoms with Crippen molar-refractivity contribution in [2.45, 2.75) is 45.1 Å². The fourth-order valence-electron chi connectivity index (χ4n) is 3.94. The minimum atomic E-state index is 0.101. The Balaban J connectivity index is 1.55. The number of carbonyl (C=O) groups excluding carboxylic acids is 1. The Morgan fingerprint density at radius 2 is 1.92 bits per heavy atom. The van der Waals surface area contributed by atoms with Crippen LogP contribution in [0, 0.1) is 0 Å². The van der Waals surface area contributed by atoms with Crippen LogP contribution in [0.5, 0.6) is 5.75 Å². The highest BCUT2D eigenvalue weighted by molar-refractivity contribution is 9.10. The monoisotopic (exact) mass is 420 g/mol. The number of ether oxygens (including phenoxy) is 1. The molecule has 0 aromatic heterocycles. The van der Waals surface area contributed by atoms with E-state index >= 15 is 0 Å². The average Bonchev–Trinajstić information content (AvgIpc) is 2.69. The molecule has 0 aliphatic carbocycles. The van der Waals surface area contributed by atoms with Crippen molar-refractivity contribution in [3.05, 3.63) is 34.3 Å². The summed E-state index contributed by atoms with van der Waals surface area (Å²) in [6.45, 7) is 6.78. The molecule has 0 bridgehead atoms. The van der Waals surface area contributed by atoms with Gasteiger partial charge in [0.1, 0.15) is 5.75 Å². The van der Waals surface area contributed by atoms with Crippen LogP contribution in [-0.2, 0) is 4.79 Å². The zero-order valence-corrected chi connectivity index (χ0v) is 17.2. The van der Waals surface area contributed by atoms with Gasteiger partial charge in [-0.25, -0.2) is 0 Å². The van der Waals surface area contributed by atoms with E-state index in [1.807, 2.05) is 36.1 Å². The van der Waals surface area contributed by atoms with E-state index in [-0.39, 0.29) is 5.91 Å². The lowest BCUT2D eigenvalue weighted by atomic mass is 10.00. The molecule has 3 rings (SSSR count). The standard InChI is InChI=1S/C21H29BrN2O2/c1-2-26-20-8-7-18(22)16-17(20)6-9-21(25)24-14-10-19(11-15-24)23-12-4-3-5-13-23/h6-9,16,19H,2-5,10-15H2,1H3/b9-6+. The van der Waals surface area contributed by atoms with Gasteiger partial charge in [0.15, 0.2) is 0 Å². The van der Waals surface area contributed by atoms with Crippen molar-refractivity contribution in [3.8, 4) is 5.75 Å². The third-order valence-corrected chi connectivity index (χ3v) is 5.85. The van der Waals surface area contributed by atoms with Crippen LogP contribution in [0.25, 0.3) is 6.08 Å². The quantitative estimate of drug-likeness (QED) is 0.664. The summed E-state index contributed by atoms with van der Waals surface area (Å²) >= 11 is 3.49. The lowest BCUT2D eigenvalue weighted by Crippen LogP contribution is -2.47. The van der Waals surface area contributed by atoms with Gasteiger partial charge in [0.25, 0.3) is 0 Å². The van der Waals surface area contributed by atoms with Crippen molar-refractivity contribution in [3.63, 3.8) is 0 Å². The average molecular weight is 421 g/mol. The number of likely N-dealkylation sites (tertiary alicyclic amines) is 2. The van der Waals surface area contributed by atoms with Crippen LogP contribution in [0.15, 0.2) is 28.7 Å². The molecular weight excluding hydrogens is 392 g/mol. The molecule has 2 aliphatic rings. The smallest absolute Gasteiger partial charge is 0.246 e. The van der Waals surface area contributed by atoms with Crippen molar-refractivity contribution in [2.24, 2.45) is 0 Å². The van der Waals surface area contributed by atoms with Crippen LogP contribution in [0.2, 0.25) is 0 Å². The van der Waals surface area contributed by atoms with Crippen molar-refractivity contribution < 1.29 is 9.53 Å². The van der Waals surface area contributed by atoms with E-state index in [9.17, 15) is 4.79 Å². The minimum Gasteiger partial charge on any atom is -0.493 e. The number of carbonyl (C=O) groups is 1. The van der Waals surface area contributed by atoms with Gasteiger partial charge < -0.3 is 14.5 Å². The Hall–Kier alpha value is -1.33.